The first-order valence-corrected chi connectivity index (χ1v) is 10.5. The number of likely N-dealkylation sites (tertiary alicyclic amines) is 1. The van der Waals surface area contributed by atoms with Crippen molar-refractivity contribution in [1.29, 1.82) is 0 Å². The molecule has 0 aromatic heterocycles. The van der Waals surface area contributed by atoms with Gasteiger partial charge in [-0.25, -0.2) is 5.01 Å². The zero-order chi connectivity index (χ0) is 18.6. The van der Waals surface area contributed by atoms with Crippen LogP contribution in [0.3, 0.4) is 0 Å². The minimum Gasteiger partial charge on any atom is -0.466 e. The SMILES string of the molecule is CN1CCC2(CC1)Oc1ccc(Br)cc1[C@@H]1CC(c3ccc(Cl)cc3)=NN12. The van der Waals surface area contributed by atoms with Crippen molar-refractivity contribution in [3.63, 3.8) is 0 Å². The van der Waals surface area contributed by atoms with E-state index in [4.69, 9.17) is 21.4 Å². The highest BCUT2D eigenvalue weighted by Crippen LogP contribution is 2.50. The Kier molecular flexibility index (Phi) is 4.22. The highest BCUT2D eigenvalue weighted by atomic mass is 79.9. The summed E-state index contributed by atoms with van der Waals surface area (Å²) in [5.74, 6) is 0.997. The maximum Gasteiger partial charge on any atom is 0.200 e. The predicted molar refractivity (Wildman–Crippen MR) is 111 cm³/mol. The Labute approximate surface area is 172 Å². The molecule has 1 spiro atoms. The van der Waals surface area contributed by atoms with Crippen molar-refractivity contribution in [2.75, 3.05) is 20.1 Å². The van der Waals surface area contributed by atoms with E-state index in [-0.39, 0.29) is 11.8 Å². The van der Waals surface area contributed by atoms with Crippen molar-refractivity contribution in [2.24, 2.45) is 5.10 Å². The van der Waals surface area contributed by atoms with E-state index >= 15 is 0 Å². The van der Waals surface area contributed by atoms with Crippen LogP contribution in [0.5, 0.6) is 5.75 Å². The third-order valence-corrected chi connectivity index (χ3v) is 6.65. The molecule has 0 aliphatic carbocycles. The monoisotopic (exact) mass is 445 g/mol. The number of halogens is 2. The van der Waals surface area contributed by atoms with Crippen LogP contribution in [0.2, 0.25) is 5.02 Å². The summed E-state index contributed by atoms with van der Waals surface area (Å²) in [6.45, 7) is 2.03. The summed E-state index contributed by atoms with van der Waals surface area (Å²) in [6.07, 6.45) is 2.78. The Hall–Kier alpha value is -1.56. The normalized spacial score (nSPS) is 23.6. The van der Waals surface area contributed by atoms with Crippen molar-refractivity contribution in [2.45, 2.75) is 31.0 Å². The summed E-state index contributed by atoms with van der Waals surface area (Å²) in [4.78, 5) is 2.36. The van der Waals surface area contributed by atoms with E-state index in [1.54, 1.807) is 0 Å². The van der Waals surface area contributed by atoms with Gasteiger partial charge in [-0.2, -0.15) is 5.10 Å². The van der Waals surface area contributed by atoms with Crippen molar-refractivity contribution < 1.29 is 4.74 Å². The van der Waals surface area contributed by atoms with Gasteiger partial charge in [-0.05, 0) is 42.9 Å². The molecule has 3 aliphatic rings. The molecule has 0 N–H and O–H groups in total. The highest BCUT2D eigenvalue weighted by molar-refractivity contribution is 9.10. The molecule has 1 saturated heterocycles. The standard InChI is InChI=1S/C21H21BrClN3O/c1-25-10-8-21(9-11-25)26-19(17-12-15(22)4-7-20(17)27-21)13-18(24-26)14-2-5-16(23)6-3-14/h2-7,12,19H,8-11,13H2,1H3/t19-/m0/s1. The summed E-state index contributed by atoms with van der Waals surface area (Å²) >= 11 is 9.69. The minimum absolute atomic E-state index is 0.209. The van der Waals surface area contributed by atoms with Gasteiger partial charge in [-0.3, -0.25) is 0 Å². The lowest BCUT2D eigenvalue weighted by Gasteiger charge is -2.50. The van der Waals surface area contributed by atoms with Gasteiger partial charge in [-0.15, -0.1) is 0 Å². The second-order valence-corrected chi connectivity index (χ2v) is 9.00. The molecule has 0 saturated carbocycles. The van der Waals surface area contributed by atoms with Crippen LogP contribution in [0.1, 0.15) is 36.4 Å². The van der Waals surface area contributed by atoms with Crippen LogP contribution in [0, 0.1) is 0 Å². The van der Waals surface area contributed by atoms with E-state index in [0.717, 1.165) is 58.9 Å². The van der Waals surface area contributed by atoms with E-state index in [9.17, 15) is 0 Å². The minimum atomic E-state index is -0.355. The molecule has 1 atom stereocenters. The van der Waals surface area contributed by atoms with Gasteiger partial charge in [0.15, 0.2) is 0 Å². The lowest BCUT2D eigenvalue weighted by Crippen LogP contribution is -2.58. The summed E-state index contributed by atoms with van der Waals surface area (Å²) in [7, 11) is 2.17. The molecule has 0 bridgehead atoms. The maximum atomic E-state index is 6.63. The molecule has 0 unspecified atom stereocenters. The second-order valence-electron chi connectivity index (χ2n) is 7.65. The quantitative estimate of drug-likeness (QED) is 0.612. The van der Waals surface area contributed by atoms with Gasteiger partial charge in [0.25, 0.3) is 0 Å². The van der Waals surface area contributed by atoms with Gasteiger partial charge in [-0.1, -0.05) is 39.7 Å². The predicted octanol–water partition coefficient (Wildman–Crippen LogP) is 5.07. The molecular formula is C21H21BrClN3O. The van der Waals surface area contributed by atoms with Crippen LogP contribution in [-0.4, -0.2) is 41.5 Å². The highest BCUT2D eigenvalue weighted by Gasteiger charge is 2.51. The van der Waals surface area contributed by atoms with Crippen molar-refractivity contribution in [1.82, 2.24) is 9.91 Å². The van der Waals surface area contributed by atoms with Gasteiger partial charge in [0, 0.05) is 47.4 Å². The molecule has 2 aromatic rings. The molecule has 1 fully saturated rings. The average Bonchev–Trinajstić information content (AvgIpc) is 3.12. The number of hydrogen-bond donors (Lipinski definition) is 0. The molecule has 2 aromatic carbocycles. The van der Waals surface area contributed by atoms with Gasteiger partial charge >= 0.3 is 0 Å². The van der Waals surface area contributed by atoms with Crippen LogP contribution in [0.4, 0.5) is 0 Å². The van der Waals surface area contributed by atoms with Crippen molar-refractivity contribution >= 4 is 33.2 Å². The van der Waals surface area contributed by atoms with E-state index in [1.807, 2.05) is 12.1 Å². The molecule has 140 valence electrons. The maximum absolute atomic E-state index is 6.63. The molecule has 6 heteroatoms. The molecule has 27 heavy (non-hydrogen) atoms. The number of ether oxygens (including phenoxy) is 1. The number of benzene rings is 2. The summed E-state index contributed by atoms with van der Waals surface area (Å²) < 4.78 is 7.70. The van der Waals surface area contributed by atoms with Gasteiger partial charge in [0.2, 0.25) is 5.72 Å². The third-order valence-electron chi connectivity index (χ3n) is 5.90. The smallest absolute Gasteiger partial charge is 0.200 e. The summed E-state index contributed by atoms with van der Waals surface area (Å²) in [5, 5.41) is 8.09. The topological polar surface area (TPSA) is 28.1 Å². The fraction of sp³-hybridized carbons (Fsp3) is 0.381. The third kappa shape index (κ3) is 2.96. The molecule has 5 rings (SSSR count). The Morgan fingerprint density at radius 1 is 1.15 bits per heavy atom. The molecular weight excluding hydrogens is 426 g/mol. The number of rotatable bonds is 1. The number of nitrogens with zero attached hydrogens (tertiary/aromatic N) is 3. The lowest BCUT2D eigenvalue weighted by molar-refractivity contribution is -0.147. The van der Waals surface area contributed by atoms with E-state index < -0.39 is 0 Å². The van der Waals surface area contributed by atoms with Gasteiger partial charge in [0.1, 0.15) is 5.75 Å². The first kappa shape index (κ1) is 17.5. The largest absolute Gasteiger partial charge is 0.466 e. The molecule has 0 amide bonds. The molecule has 0 radical (unpaired) electrons. The number of hydrazone groups is 1. The lowest BCUT2D eigenvalue weighted by atomic mass is 9.91. The molecule has 3 heterocycles. The molecule has 3 aliphatic heterocycles. The number of piperidine rings is 1. The van der Waals surface area contributed by atoms with Crippen LogP contribution in [-0.2, 0) is 0 Å². The summed E-state index contributed by atoms with van der Waals surface area (Å²) in [6, 6.07) is 14.5. The molecule has 4 nitrogen and oxygen atoms in total. The van der Waals surface area contributed by atoms with E-state index in [0.29, 0.717) is 0 Å². The zero-order valence-electron chi connectivity index (χ0n) is 15.2. The zero-order valence-corrected chi connectivity index (χ0v) is 17.5. The Bertz CT molecular complexity index is 906. The Morgan fingerprint density at radius 2 is 1.89 bits per heavy atom. The number of hydrogen-bond acceptors (Lipinski definition) is 4. The van der Waals surface area contributed by atoms with Crippen LogP contribution in [0.25, 0.3) is 0 Å². The van der Waals surface area contributed by atoms with Crippen LogP contribution < -0.4 is 4.74 Å². The van der Waals surface area contributed by atoms with Crippen LogP contribution in [0.15, 0.2) is 52.0 Å². The van der Waals surface area contributed by atoms with Crippen molar-refractivity contribution in [3.8, 4) is 5.75 Å². The van der Waals surface area contributed by atoms with Crippen LogP contribution >= 0.6 is 27.5 Å². The van der Waals surface area contributed by atoms with E-state index in [2.05, 4.69) is 63.2 Å². The first-order chi connectivity index (χ1) is 13.0. The fourth-order valence-corrected chi connectivity index (χ4v) is 4.87. The fourth-order valence-electron chi connectivity index (χ4n) is 4.37. The summed E-state index contributed by atoms with van der Waals surface area (Å²) in [5.41, 5.74) is 3.09. The van der Waals surface area contributed by atoms with Gasteiger partial charge < -0.3 is 9.64 Å². The van der Waals surface area contributed by atoms with Gasteiger partial charge in [0.05, 0.1) is 11.8 Å². The average molecular weight is 447 g/mol. The van der Waals surface area contributed by atoms with E-state index in [1.165, 1.54) is 5.56 Å². The first-order valence-electron chi connectivity index (χ1n) is 9.34. The number of fused-ring (bicyclic) bond motifs is 4. The Morgan fingerprint density at radius 3 is 2.63 bits per heavy atom. The van der Waals surface area contributed by atoms with Crippen molar-refractivity contribution in [3.05, 3.63) is 63.1 Å². The Balaban J connectivity index is 1.58. The second kappa shape index (κ2) is 6.50.